The Labute approximate surface area is 152 Å². The smallest absolute Gasteiger partial charge is 0.337 e. The first-order chi connectivity index (χ1) is 12.6. The van der Waals surface area contributed by atoms with Crippen molar-refractivity contribution in [1.82, 2.24) is 24.2 Å². The summed E-state index contributed by atoms with van der Waals surface area (Å²) >= 11 is 0. The first-order valence-electron chi connectivity index (χ1n) is 9.51. The van der Waals surface area contributed by atoms with Gasteiger partial charge in [-0.2, -0.15) is 5.10 Å². The van der Waals surface area contributed by atoms with Crippen molar-refractivity contribution in [3.63, 3.8) is 0 Å². The summed E-state index contributed by atoms with van der Waals surface area (Å²) in [5.74, 6) is 1.13. The van der Waals surface area contributed by atoms with Gasteiger partial charge < -0.3 is 4.90 Å². The molecule has 26 heavy (non-hydrogen) atoms. The second-order valence-electron chi connectivity index (χ2n) is 7.35. The molecule has 0 N–H and O–H groups in total. The third-order valence-corrected chi connectivity index (χ3v) is 5.70. The van der Waals surface area contributed by atoms with Crippen molar-refractivity contribution in [1.29, 1.82) is 0 Å². The Morgan fingerprint density at radius 1 is 1.12 bits per heavy atom. The van der Waals surface area contributed by atoms with Crippen LogP contribution < -0.4 is 5.69 Å². The fourth-order valence-corrected chi connectivity index (χ4v) is 4.27. The number of nitrogens with zero attached hydrogens (tertiary/aromatic N) is 5. The number of hydrogen-bond donors (Lipinski definition) is 0. The molecule has 4 rings (SSSR count). The lowest BCUT2D eigenvalue weighted by Gasteiger charge is -2.31. The third kappa shape index (κ3) is 3.06. The maximum Gasteiger partial charge on any atom is 0.345 e. The molecule has 2 aromatic heterocycles. The van der Waals surface area contributed by atoms with Crippen molar-refractivity contribution in [3.8, 4) is 0 Å². The molecule has 2 fully saturated rings. The molecule has 3 heterocycles. The van der Waals surface area contributed by atoms with E-state index in [9.17, 15) is 9.59 Å². The number of piperidine rings is 1. The molecule has 0 radical (unpaired) electrons. The number of likely N-dealkylation sites (tertiary alicyclic amines) is 1. The molecule has 1 aliphatic carbocycles. The van der Waals surface area contributed by atoms with Crippen molar-refractivity contribution >= 4 is 5.91 Å². The first-order valence-corrected chi connectivity index (χ1v) is 9.51. The van der Waals surface area contributed by atoms with Crippen molar-refractivity contribution in [2.24, 2.45) is 7.05 Å². The first kappa shape index (κ1) is 17.0. The summed E-state index contributed by atoms with van der Waals surface area (Å²) in [5, 5.41) is 4.56. The zero-order valence-corrected chi connectivity index (χ0v) is 15.2. The summed E-state index contributed by atoms with van der Waals surface area (Å²) in [6.07, 6.45) is 7.81. The lowest BCUT2D eigenvalue weighted by molar-refractivity contribution is 0.0703. The van der Waals surface area contributed by atoms with Crippen molar-refractivity contribution in [2.75, 3.05) is 13.1 Å². The maximum atomic E-state index is 12.6. The van der Waals surface area contributed by atoms with Crippen LogP contribution in [0, 0.1) is 0 Å². The molecule has 138 valence electrons. The highest BCUT2D eigenvalue weighted by Gasteiger charge is 2.31. The Morgan fingerprint density at radius 3 is 2.50 bits per heavy atom. The molecule has 1 amide bonds. The Morgan fingerprint density at radius 2 is 1.85 bits per heavy atom. The summed E-state index contributed by atoms with van der Waals surface area (Å²) in [6.45, 7) is 1.35. The molecule has 2 aliphatic rings. The van der Waals surface area contributed by atoms with Crippen LogP contribution in [0.25, 0.3) is 0 Å². The van der Waals surface area contributed by atoms with Crippen molar-refractivity contribution in [3.05, 3.63) is 46.4 Å². The van der Waals surface area contributed by atoms with Gasteiger partial charge in [0.2, 0.25) is 0 Å². The standard InChI is InChI=1S/C19H25N5O2/c1-22-19(26)24(15-6-2-3-7-15)17(21-22)14-9-12-23(13-10-14)18(25)16-8-4-5-11-20-16/h4-5,8,11,14-15H,2-3,6-7,9-10,12-13H2,1H3. The second kappa shape index (κ2) is 7.05. The highest BCUT2D eigenvalue weighted by Crippen LogP contribution is 2.33. The van der Waals surface area contributed by atoms with Gasteiger partial charge in [-0.3, -0.25) is 14.3 Å². The van der Waals surface area contributed by atoms with E-state index >= 15 is 0 Å². The topological polar surface area (TPSA) is 73.0 Å². The molecule has 1 saturated carbocycles. The van der Waals surface area contributed by atoms with E-state index < -0.39 is 0 Å². The Bertz CT molecular complexity index is 827. The van der Waals surface area contributed by atoms with E-state index in [0.717, 1.165) is 31.5 Å². The Hall–Kier alpha value is -2.44. The van der Waals surface area contributed by atoms with E-state index in [4.69, 9.17) is 0 Å². The van der Waals surface area contributed by atoms with Crippen LogP contribution in [0.4, 0.5) is 0 Å². The normalized spacial score (nSPS) is 19.2. The zero-order valence-electron chi connectivity index (χ0n) is 15.2. The minimum atomic E-state index is -0.0155. The van der Waals surface area contributed by atoms with Gasteiger partial charge in [-0.1, -0.05) is 18.9 Å². The minimum Gasteiger partial charge on any atom is -0.337 e. The predicted octanol–water partition coefficient (Wildman–Crippen LogP) is 2.11. The molecule has 0 atom stereocenters. The number of amides is 1. The number of carbonyl (C=O) groups is 1. The highest BCUT2D eigenvalue weighted by atomic mass is 16.2. The summed E-state index contributed by atoms with van der Waals surface area (Å²) in [5.41, 5.74) is 0.491. The van der Waals surface area contributed by atoms with Crippen molar-refractivity contribution in [2.45, 2.75) is 50.5 Å². The van der Waals surface area contributed by atoms with Crippen LogP contribution in [0.2, 0.25) is 0 Å². The van der Waals surface area contributed by atoms with Gasteiger partial charge in [-0.05, 0) is 37.8 Å². The molecule has 2 aromatic rings. The molecule has 7 nitrogen and oxygen atoms in total. The number of pyridine rings is 1. The van der Waals surface area contributed by atoms with Crippen LogP contribution in [-0.4, -0.2) is 43.2 Å². The predicted molar refractivity (Wildman–Crippen MR) is 97.1 cm³/mol. The molecule has 1 saturated heterocycles. The van der Waals surface area contributed by atoms with Crippen molar-refractivity contribution < 1.29 is 4.79 Å². The van der Waals surface area contributed by atoms with E-state index in [1.807, 2.05) is 21.6 Å². The number of aryl methyl sites for hydroxylation is 1. The average Bonchev–Trinajstić information content (AvgIpc) is 3.31. The molecule has 0 bridgehead atoms. The SMILES string of the molecule is Cn1nc(C2CCN(C(=O)c3ccccn3)CC2)n(C2CCCC2)c1=O. The summed E-state index contributed by atoms with van der Waals surface area (Å²) in [6, 6.07) is 5.69. The summed E-state index contributed by atoms with van der Waals surface area (Å²) in [4.78, 5) is 31.2. The van der Waals surface area contributed by atoms with Crippen LogP contribution in [0.5, 0.6) is 0 Å². The lowest BCUT2D eigenvalue weighted by atomic mass is 9.95. The maximum absolute atomic E-state index is 12.6. The molecule has 1 aliphatic heterocycles. The Kier molecular flexibility index (Phi) is 4.61. The van der Waals surface area contributed by atoms with E-state index in [1.54, 1.807) is 19.3 Å². The van der Waals surface area contributed by atoms with Gasteiger partial charge >= 0.3 is 5.69 Å². The number of aromatic nitrogens is 4. The fraction of sp³-hybridized carbons (Fsp3) is 0.579. The van der Waals surface area contributed by atoms with Gasteiger partial charge in [0.25, 0.3) is 5.91 Å². The molecule has 0 aromatic carbocycles. The van der Waals surface area contributed by atoms with Gasteiger partial charge in [0.1, 0.15) is 11.5 Å². The Balaban J connectivity index is 1.49. The quantitative estimate of drug-likeness (QED) is 0.845. The second-order valence-corrected chi connectivity index (χ2v) is 7.35. The molecule has 7 heteroatoms. The number of rotatable bonds is 3. The highest BCUT2D eigenvalue weighted by molar-refractivity contribution is 5.92. The monoisotopic (exact) mass is 355 g/mol. The van der Waals surface area contributed by atoms with E-state index in [1.165, 1.54) is 17.5 Å². The number of carbonyl (C=O) groups excluding carboxylic acids is 1. The molecule has 0 unspecified atom stereocenters. The van der Waals surface area contributed by atoms with Crippen LogP contribution >= 0.6 is 0 Å². The van der Waals surface area contributed by atoms with Gasteiger partial charge in [0.05, 0.1) is 0 Å². The minimum absolute atomic E-state index is 0.00103. The molecule has 0 spiro atoms. The van der Waals surface area contributed by atoms with Crippen LogP contribution in [0.15, 0.2) is 29.2 Å². The van der Waals surface area contributed by atoms with E-state index in [2.05, 4.69) is 10.1 Å². The van der Waals surface area contributed by atoms with Gasteiger partial charge in [0, 0.05) is 38.3 Å². The molecular formula is C19H25N5O2. The number of hydrogen-bond acceptors (Lipinski definition) is 4. The van der Waals surface area contributed by atoms with Crippen LogP contribution in [0.1, 0.15) is 66.8 Å². The lowest BCUT2D eigenvalue weighted by Crippen LogP contribution is -2.39. The average molecular weight is 355 g/mol. The molecular weight excluding hydrogens is 330 g/mol. The van der Waals surface area contributed by atoms with Crippen LogP contribution in [0.3, 0.4) is 0 Å². The summed E-state index contributed by atoms with van der Waals surface area (Å²) in [7, 11) is 1.73. The summed E-state index contributed by atoms with van der Waals surface area (Å²) < 4.78 is 3.41. The van der Waals surface area contributed by atoms with Gasteiger partial charge in [-0.15, -0.1) is 0 Å². The third-order valence-electron chi connectivity index (χ3n) is 5.70. The zero-order chi connectivity index (χ0) is 18.1. The van der Waals surface area contributed by atoms with Crippen LogP contribution in [-0.2, 0) is 7.05 Å². The largest absolute Gasteiger partial charge is 0.345 e. The fourth-order valence-electron chi connectivity index (χ4n) is 4.27. The van der Waals surface area contributed by atoms with E-state index in [-0.39, 0.29) is 17.5 Å². The van der Waals surface area contributed by atoms with E-state index in [0.29, 0.717) is 24.8 Å². The van der Waals surface area contributed by atoms with Gasteiger partial charge in [-0.25, -0.2) is 9.48 Å². The van der Waals surface area contributed by atoms with Gasteiger partial charge in [0.15, 0.2) is 0 Å².